The summed E-state index contributed by atoms with van der Waals surface area (Å²) in [5, 5.41) is 2.68. The molecule has 1 aliphatic rings. The van der Waals surface area contributed by atoms with E-state index in [0.717, 1.165) is 0 Å². The molecule has 6 nitrogen and oxygen atoms in total. The molecule has 2 N–H and O–H groups in total. The average molecular weight is 286 g/mol. The number of pyridine rings is 1. The van der Waals surface area contributed by atoms with E-state index in [2.05, 4.69) is 10.3 Å². The van der Waals surface area contributed by atoms with Crippen molar-refractivity contribution in [3.8, 4) is 11.5 Å². The highest BCUT2D eigenvalue weighted by molar-refractivity contribution is 5.93. The summed E-state index contributed by atoms with van der Waals surface area (Å²) < 4.78 is 11.3. The van der Waals surface area contributed by atoms with E-state index in [1.807, 2.05) is 24.3 Å². The third-order valence-electron chi connectivity index (χ3n) is 3.12. The van der Waals surface area contributed by atoms with Crippen molar-refractivity contribution in [2.45, 2.75) is 6.10 Å². The molecule has 0 spiro atoms. The third kappa shape index (κ3) is 2.89. The molecule has 1 aliphatic heterocycles. The van der Waals surface area contributed by atoms with E-state index in [0.29, 0.717) is 18.1 Å². The van der Waals surface area contributed by atoms with Crippen molar-refractivity contribution in [1.82, 2.24) is 10.3 Å². The first-order chi connectivity index (χ1) is 10.2. The van der Waals surface area contributed by atoms with Crippen LogP contribution in [0.2, 0.25) is 0 Å². The summed E-state index contributed by atoms with van der Waals surface area (Å²) in [5.41, 5.74) is -0.337. The number of para-hydroxylation sites is 2. The van der Waals surface area contributed by atoms with Gasteiger partial charge in [0.05, 0.1) is 6.54 Å². The molecular formula is C15H14N2O4. The van der Waals surface area contributed by atoms with Gasteiger partial charge in [-0.25, -0.2) is 0 Å². The molecule has 3 rings (SSSR count). The van der Waals surface area contributed by atoms with Crippen LogP contribution in [0.5, 0.6) is 11.5 Å². The van der Waals surface area contributed by atoms with Crippen LogP contribution in [0.3, 0.4) is 0 Å². The quantitative estimate of drug-likeness (QED) is 0.880. The van der Waals surface area contributed by atoms with Crippen LogP contribution in [0.1, 0.15) is 10.4 Å². The first kappa shape index (κ1) is 13.2. The number of nitrogens with one attached hydrogen (secondary N) is 2. The number of carbonyl (C=O) groups is 1. The highest BCUT2D eigenvalue weighted by atomic mass is 16.6. The minimum atomic E-state index is -0.431. The number of ether oxygens (including phenoxy) is 2. The first-order valence-corrected chi connectivity index (χ1v) is 6.58. The molecule has 0 saturated carbocycles. The summed E-state index contributed by atoms with van der Waals surface area (Å²) in [5.74, 6) is 0.916. The molecule has 0 aliphatic carbocycles. The van der Waals surface area contributed by atoms with Gasteiger partial charge in [0.2, 0.25) is 0 Å². The van der Waals surface area contributed by atoms with Crippen LogP contribution >= 0.6 is 0 Å². The van der Waals surface area contributed by atoms with Crippen molar-refractivity contribution >= 4 is 5.91 Å². The summed E-state index contributed by atoms with van der Waals surface area (Å²) in [6.07, 6.45) is 1.19. The van der Waals surface area contributed by atoms with Crippen LogP contribution < -0.4 is 20.3 Å². The summed E-state index contributed by atoms with van der Waals surface area (Å²) in [6, 6.07) is 10.4. The first-order valence-electron chi connectivity index (χ1n) is 6.58. The summed E-state index contributed by atoms with van der Waals surface area (Å²) >= 11 is 0. The smallest absolute Gasteiger partial charge is 0.260 e. The minimum absolute atomic E-state index is 0.0784. The molecule has 0 fully saturated rings. The Morgan fingerprint density at radius 1 is 1.24 bits per heavy atom. The van der Waals surface area contributed by atoms with E-state index >= 15 is 0 Å². The van der Waals surface area contributed by atoms with Crippen LogP contribution in [-0.4, -0.2) is 30.1 Å². The number of aromatic amines is 1. The van der Waals surface area contributed by atoms with Gasteiger partial charge < -0.3 is 19.8 Å². The highest BCUT2D eigenvalue weighted by Gasteiger charge is 2.21. The van der Waals surface area contributed by atoms with Crippen molar-refractivity contribution in [3.05, 3.63) is 58.5 Å². The number of amides is 1. The maximum Gasteiger partial charge on any atom is 0.260 e. The van der Waals surface area contributed by atoms with Gasteiger partial charge in [-0.15, -0.1) is 0 Å². The van der Waals surface area contributed by atoms with E-state index in [4.69, 9.17) is 9.47 Å². The zero-order valence-electron chi connectivity index (χ0n) is 11.2. The Morgan fingerprint density at radius 2 is 2.05 bits per heavy atom. The zero-order valence-corrected chi connectivity index (χ0v) is 11.2. The fourth-order valence-corrected chi connectivity index (χ4v) is 2.07. The van der Waals surface area contributed by atoms with Crippen LogP contribution in [0, 0.1) is 0 Å². The van der Waals surface area contributed by atoms with Crippen LogP contribution in [0.25, 0.3) is 0 Å². The number of hydrogen-bond donors (Lipinski definition) is 2. The molecule has 1 amide bonds. The van der Waals surface area contributed by atoms with Gasteiger partial charge in [0, 0.05) is 6.20 Å². The number of hydrogen-bond acceptors (Lipinski definition) is 4. The lowest BCUT2D eigenvalue weighted by Gasteiger charge is -2.26. The van der Waals surface area contributed by atoms with Gasteiger partial charge >= 0.3 is 0 Å². The Bertz CT molecular complexity index is 711. The Balaban J connectivity index is 1.61. The Kier molecular flexibility index (Phi) is 3.59. The zero-order chi connectivity index (χ0) is 14.7. The van der Waals surface area contributed by atoms with E-state index in [1.54, 1.807) is 6.07 Å². The molecule has 108 valence electrons. The maximum absolute atomic E-state index is 11.9. The second-order valence-corrected chi connectivity index (χ2v) is 4.62. The molecule has 21 heavy (non-hydrogen) atoms. The molecule has 2 aromatic rings. The summed E-state index contributed by atoms with van der Waals surface area (Å²) in [6.45, 7) is 0.615. The Labute approximate surface area is 120 Å². The number of rotatable bonds is 3. The van der Waals surface area contributed by atoms with Crippen molar-refractivity contribution in [2.75, 3.05) is 13.2 Å². The number of H-pyrrole nitrogens is 1. The van der Waals surface area contributed by atoms with Crippen molar-refractivity contribution in [3.63, 3.8) is 0 Å². The lowest BCUT2D eigenvalue weighted by atomic mass is 10.2. The Morgan fingerprint density at radius 3 is 2.86 bits per heavy atom. The van der Waals surface area contributed by atoms with Gasteiger partial charge in [-0.1, -0.05) is 12.1 Å². The highest BCUT2D eigenvalue weighted by Crippen LogP contribution is 2.30. The van der Waals surface area contributed by atoms with Gasteiger partial charge in [0.1, 0.15) is 18.3 Å². The fourth-order valence-electron chi connectivity index (χ4n) is 2.07. The number of benzene rings is 1. The average Bonchev–Trinajstić information content (AvgIpc) is 2.53. The van der Waals surface area contributed by atoms with Gasteiger partial charge in [-0.2, -0.15) is 0 Å². The number of aromatic nitrogens is 1. The molecule has 0 radical (unpaired) electrons. The van der Waals surface area contributed by atoms with Gasteiger partial charge in [0.25, 0.3) is 11.5 Å². The molecule has 0 saturated heterocycles. The van der Waals surface area contributed by atoms with E-state index in [1.165, 1.54) is 12.3 Å². The van der Waals surface area contributed by atoms with E-state index < -0.39 is 11.5 Å². The minimum Gasteiger partial charge on any atom is -0.486 e. The van der Waals surface area contributed by atoms with Crippen molar-refractivity contribution < 1.29 is 14.3 Å². The molecule has 6 heteroatoms. The predicted molar refractivity (Wildman–Crippen MR) is 75.7 cm³/mol. The summed E-state index contributed by atoms with van der Waals surface area (Å²) in [4.78, 5) is 25.9. The second kappa shape index (κ2) is 5.70. The van der Waals surface area contributed by atoms with Crippen molar-refractivity contribution in [2.24, 2.45) is 0 Å². The Hall–Kier alpha value is -2.76. The topological polar surface area (TPSA) is 80.4 Å². The van der Waals surface area contributed by atoms with Crippen molar-refractivity contribution in [1.29, 1.82) is 0 Å². The molecule has 2 heterocycles. The van der Waals surface area contributed by atoms with Gasteiger partial charge in [-0.05, 0) is 24.3 Å². The lowest BCUT2D eigenvalue weighted by Crippen LogP contribution is -2.41. The lowest BCUT2D eigenvalue weighted by molar-refractivity contribution is 0.0788. The SMILES string of the molecule is O=C(NC[C@@H]1COc2ccccc2O1)c1ccc[nH]c1=O. The number of carbonyl (C=O) groups excluding carboxylic acids is 1. The molecule has 1 atom stereocenters. The number of fused-ring (bicyclic) bond motifs is 1. The van der Waals surface area contributed by atoms with E-state index in [-0.39, 0.29) is 18.2 Å². The van der Waals surface area contributed by atoms with Crippen LogP contribution in [-0.2, 0) is 0 Å². The largest absolute Gasteiger partial charge is 0.486 e. The van der Waals surface area contributed by atoms with Crippen LogP contribution in [0.15, 0.2) is 47.4 Å². The molecule has 0 unspecified atom stereocenters. The second-order valence-electron chi connectivity index (χ2n) is 4.62. The van der Waals surface area contributed by atoms with Crippen LogP contribution in [0.4, 0.5) is 0 Å². The molecular weight excluding hydrogens is 272 g/mol. The molecule has 0 bridgehead atoms. The fraction of sp³-hybridized carbons (Fsp3) is 0.200. The summed E-state index contributed by atoms with van der Waals surface area (Å²) in [7, 11) is 0. The van der Waals surface area contributed by atoms with Gasteiger partial charge in [0.15, 0.2) is 11.5 Å². The normalized spacial score (nSPS) is 16.3. The molecule has 1 aromatic heterocycles. The molecule has 1 aromatic carbocycles. The maximum atomic E-state index is 11.9. The third-order valence-corrected chi connectivity index (χ3v) is 3.12. The standard InChI is InChI=1S/C15H14N2O4/c18-14-11(4-3-7-16-14)15(19)17-8-10-9-20-12-5-1-2-6-13(12)21-10/h1-7,10H,8-9H2,(H,16,18)(H,17,19)/t10-/m1/s1. The van der Waals surface area contributed by atoms with E-state index in [9.17, 15) is 9.59 Å². The predicted octanol–water partition coefficient (Wildman–Crippen LogP) is 0.945. The monoisotopic (exact) mass is 286 g/mol. The van der Waals surface area contributed by atoms with Gasteiger partial charge in [-0.3, -0.25) is 9.59 Å².